The Labute approximate surface area is 146 Å². The number of amides is 1. The smallest absolute Gasteiger partial charge is 0.312 e. The van der Waals surface area contributed by atoms with Gasteiger partial charge >= 0.3 is 5.97 Å². The van der Waals surface area contributed by atoms with Crippen molar-refractivity contribution in [2.75, 3.05) is 13.1 Å². The van der Waals surface area contributed by atoms with Crippen LogP contribution in [-0.2, 0) is 11.8 Å². The molecule has 0 radical (unpaired) electrons. The van der Waals surface area contributed by atoms with Crippen molar-refractivity contribution in [2.45, 2.75) is 32.3 Å². The van der Waals surface area contributed by atoms with E-state index in [1.54, 1.807) is 11.1 Å². The third-order valence-corrected chi connectivity index (χ3v) is 5.40. The summed E-state index contributed by atoms with van der Waals surface area (Å²) in [4.78, 5) is 26.3. The number of aliphatic hydroxyl groups is 1. The van der Waals surface area contributed by atoms with E-state index in [0.29, 0.717) is 24.9 Å². The minimum Gasteiger partial charge on any atom is -0.481 e. The molecule has 1 saturated heterocycles. The normalized spacial score (nSPS) is 23.8. The van der Waals surface area contributed by atoms with Crippen LogP contribution in [0.25, 0.3) is 10.9 Å². The zero-order chi connectivity index (χ0) is 18.2. The number of para-hydroxylation sites is 1. The van der Waals surface area contributed by atoms with Crippen LogP contribution < -0.4 is 0 Å². The van der Waals surface area contributed by atoms with E-state index >= 15 is 0 Å². The number of likely N-dealkylation sites (tertiary alicyclic amines) is 1. The summed E-state index contributed by atoms with van der Waals surface area (Å²) in [6, 6.07) is 7.67. The van der Waals surface area contributed by atoms with E-state index in [9.17, 15) is 19.8 Å². The van der Waals surface area contributed by atoms with Gasteiger partial charge in [0.1, 0.15) is 0 Å². The van der Waals surface area contributed by atoms with Crippen LogP contribution in [0.5, 0.6) is 0 Å². The Bertz CT molecular complexity index is 813. The van der Waals surface area contributed by atoms with Gasteiger partial charge in [-0.2, -0.15) is 0 Å². The van der Waals surface area contributed by atoms with E-state index < -0.39 is 17.5 Å². The molecule has 6 nitrogen and oxygen atoms in total. The highest BCUT2D eigenvalue weighted by Gasteiger charge is 2.48. The van der Waals surface area contributed by atoms with E-state index in [-0.39, 0.29) is 18.9 Å². The van der Waals surface area contributed by atoms with Gasteiger partial charge in [0.05, 0.1) is 17.1 Å². The molecule has 134 valence electrons. The van der Waals surface area contributed by atoms with Crippen LogP contribution in [0.15, 0.2) is 30.5 Å². The highest BCUT2D eigenvalue weighted by atomic mass is 16.4. The van der Waals surface area contributed by atoms with E-state index in [1.807, 2.05) is 42.8 Å². The van der Waals surface area contributed by atoms with Gasteiger partial charge in [-0.05, 0) is 18.9 Å². The van der Waals surface area contributed by atoms with Crippen molar-refractivity contribution in [2.24, 2.45) is 12.5 Å². The number of piperidine rings is 1. The van der Waals surface area contributed by atoms with E-state index in [2.05, 4.69) is 0 Å². The molecule has 0 aliphatic carbocycles. The number of benzene rings is 1. The fraction of sp³-hybridized carbons (Fsp3) is 0.474. The summed E-state index contributed by atoms with van der Waals surface area (Å²) >= 11 is 0. The Morgan fingerprint density at radius 3 is 2.68 bits per heavy atom. The molecule has 1 fully saturated rings. The molecule has 1 amide bonds. The van der Waals surface area contributed by atoms with Crippen molar-refractivity contribution in [3.8, 4) is 0 Å². The zero-order valence-corrected chi connectivity index (χ0v) is 14.6. The fourth-order valence-electron chi connectivity index (χ4n) is 3.94. The molecule has 2 atom stereocenters. The minimum atomic E-state index is -1.15. The fourth-order valence-corrected chi connectivity index (χ4v) is 3.94. The summed E-state index contributed by atoms with van der Waals surface area (Å²) in [7, 11) is 1.89. The first-order valence-corrected chi connectivity index (χ1v) is 8.65. The van der Waals surface area contributed by atoms with Crippen molar-refractivity contribution in [1.29, 1.82) is 0 Å². The number of aromatic nitrogens is 1. The quantitative estimate of drug-likeness (QED) is 0.891. The predicted molar refractivity (Wildman–Crippen MR) is 94.4 cm³/mol. The number of carbonyl (C=O) groups is 2. The molecule has 0 unspecified atom stereocenters. The average molecular weight is 344 g/mol. The van der Waals surface area contributed by atoms with Gasteiger partial charge in [0.2, 0.25) is 0 Å². The lowest BCUT2D eigenvalue weighted by Gasteiger charge is -2.42. The predicted octanol–water partition coefficient (Wildman–Crippen LogP) is 2.26. The second-order valence-electron chi connectivity index (χ2n) is 6.90. The van der Waals surface area contributed by atoms with E-state index in [0.717, 1.165) is 10.9 Å². The molecule has 1 aromatic carbocycles. The number of nitrogens with zero attached hydrogens (tertiary/aromatic N) is 2. The molecule has 3 rings (SSSR count). The van der Waals surface area contributed by atoms with Gasteiger partial charge in [0, 0.05) is 37.2 Å². The minimum absolute atomic E-state index is 0.0500. The Morgan fingerprint density at radius 1 is 1.32 bits per heavy atom. The Balaban J connectivity index is 1.86. The number of aliphatic hydroxyl groups excluding tert-OH is 1. The van der Waals surface area contributed by atoms with Gasteiger partial charge in [0.25, 0.3) is 5.91 Å². The van der Waals surface area contributed by atoms with Gasteiger partial charge in [-0.3, -0.25) is 9.59 Å². The maximum Gasteiger partial charge on any atom is 0.312 e. The van der Waals surface area contributed by atoms with Crippen LogP contribution >= 0.6 is 0 Å². The number of β-amino-alcohol motifs (C(OH)–C–C–N with tert-alkyl or cyclic N) is 1. The lowest BCUT2D eigenvalue weighted by Crippen LogP contribution is -2.56. The monoisotopic (exact) mass is 344 g/mol. The highest BCUT2D eigenvalue weighted by Crippen LogP contribution is 2.37. The van der Waals surface area contributed by atoms with E-state index in [1.165, 1.54) is 0 Å². The van der Waals surface area contributed by atoms with Crippen LogP contribution in [0.3, 0.4) is 0 Å². The molecule has 2 N–H and O–H groups in total. The molecular formula is C19H24N2O4. The SMILES string of the molecule is CCC[C@]1(C(=O)O)CCN(C(=O)c2cn(C)c3ccccc23)C[C@@H]1O. The standard InChI is InChI=1S/C19H24N2O4/c1-3-8-19(18(24)25)9-10-21(12-16(19)22)17(23)14-11-20(2)15-7-5-4-6-13(14)15/h4-7,11,16,22H,3,8-10,12H2,1-2H3,(H,24,25)/t16-,19-/m0/s1. The summed E-state index contributed by atoms with van der Waals surface area (Å²) in [5.41, 5.74) is 0.405. The first-order valence-electron chi connectivity index (χ1n) is 8.65. The second kappa shape index (κ2) is 6.52. The van der Waals surface area contributed by atoms with Crippen molar-refractivity contribution >= 4 is 22.8 Å². The van der Waals surface area contributed by atoms with Crippen molar-refractivity contribution in [3.05, 3.63) is 36.0 Å². The van der Waals surface area contributed by atoms with Gasteiger partial charge in [-0.15, -0.1) is 0 Å². The molecule has 0 bridgehead atoms. The summed E-state index contributed by atoms with van der Waals surface area (Å²) in [5.74, 6) is -1.13. The Hall–Kier alpha value is -2.34. The van der Waals surface area contributed by atoms with Crippen molar-refractivity contribution in [3.63, 3.8) is 0 Å². The second-order valence-corrected chi connectivity index (χ2v) is 6.90. The zero-order valence-electron chi connectivity index (χ0n) is 14.6. The number of carbonyl (C=O) groups excluding carboxylic acids is 1. The topological polar surface area (TPSA) is 82.8 Å². The molecule has 6 heteroatoms. The largest absolute Gasteiger partial charge is 0.481 e. The molecule has 1 aromatic heterocycles. The molecule has 0 saturated carbocycles. The number of aliphatic carboxylic acids is 1. The van der Waals surface area contributed by atoms with Crippen LogP contribution in [0, 0.1) is 5.41 Å². The molecule has 2 heterocycles. The first-order chi connectivity index (χ1) is 11.9. The van der Waals surface area contributed by atoms with Gasteiger partial charge < -0.3 is 19.7 Å². The van der Waals surface area contributed by atoms with Crippen LogP contribution in [0.2, 0.25) is 0 Å². The van der Waals surface area contributed by atoms with Crippen molar-refractivity contribution < 1.29 is 19.8 Å². The summed E-state index contributed by atoms with van der Waals surface area (Å²) in [6.45, 7) is 2.30. The summed E-state index contributed by atoms with van der Waals surface area (Å²) in [5, 5.41) is 21.0. The number of hydrogen-bond acceptors (Lipinski definition) is 3. The summed E-state index contributed by atoms with van der Waals surface area (Å²) in [6.07, 6.45) is 2.11. The first kappa shape index (κ1) is 17.5. The molecule has 1 aliphatic heterocycles. The number of fused-ring (bicyclic) bond motifs is 1. The number of aryl methyl sites for hydroxylation is 1. The van der Waals surface area contributed by atoms with Gasteiger partial charge in [0.15, 0.2) is 0 Å². The van der Waals surface area contributed by atoms with Crippen molar-refractivity contribution in [1.82, 2.24) is 9.47 Å². The maximum absolute atomic E-state index is 13.0. The van der Waals surface area contributed by atoms with Gasteiger partial charge in [-0.25, -0.2) is 0 Å². The molecule has 2 aromatic rings. The number of rotatable bonds is 4. The lowest BCUT2D eigenvalue weighted by molar-refractivity contribution is -0.162. The van der Waals surface area contributed by atoms with Crippen LogP contribution in [0.4, 0.5) is 0 Å². The van der Waals surface area contributed by atoms with Crippen LogP contribution in [0.1, 0.15) is 36.5 Å². The third kappa shape index (κ3) is 2.80. The molecule has 1 aliphatic rings. The molecule has 0 spiro atoms. The third-order valence-electron chi connectivity index (χ3n) is 5.40. The van der Waals surface area contributed by atoms with Gasteiger partial charge in [-0.1, -0.05) is 31.5 Å². The van der Waals surface area contributed by atoms with Crippen LogP contribution in [-0.4, -0.2) is 50.8 Å². The number of hydrogen-bond donors (Lipinski definition) is 2. The average Bonchev–Trinajstić information content (AvgIpc) is 2.93. The maximum atomic E-state index is 13.0. The highest BCUT2D eigenvalue weighted by molar-refractivity contribution is 6.07. The Kier molecular flexibility index (Phi) is 4.56. The molecule has 25 heavy (non-hydrogen) atoms. The Morgan fingerprint density at radius 2 is 2.04 bits per heavy atom. The lowest BCUT2D eigenvalue weighted by atomic mass is 9.72. The molecular weight excluding hydrogens is 320 g/mol. The van der Waals surface area contributed by atoms with E-state index in [4.69, 9.17) is 0 Å². The number of carboxylic acids is 1. The number of carboxylic acid groups (broad SMARTS) is 1. The summed E-state index contributed by atoms with van der Waals surface area (Å²) < 4.78 is 1.90.